The Morgan fingerprint density at radius 3 is 2.54 bits per heavy atom. The molecule has 4 aromatic carbocycles. The van der Waals surface area contributed by atoms with Crippen LogP contribution >= 0.6 is 0 Å². The Kier molecular flexibility index (Phi) is 7.53. The van der Waals surface area contributed by atoms with Crippen molar-refractivity contribution in [1.82, 2.24) is 10.2 Å². The van der Waals surface area contributed by atoms with Crippen molar-refractivity contribution in [3.8, 4) is 11.1 Å². The number of hydrogen-bond acceptors (Lipinski definition) is 3. The van der Waals surface area contributed by atoms with Crippen LogP contribution in [0.2, 0.25) is 0 Å². The highest BCUT2D eigenvalue weighted by atomic mass is 16.4. The molecule has 41 heavy (non-hydrogen) atoms. The molecule has 1 heterocycles. The van der Waals surface area contributed by atoms with Crippen LogP contribution in [0.3, 0.4) is 0 Å². The van der Waals surface area contributed by atoms with Crippen molar-refractivity contribution in [2.75, 3.05) is 6.54 Å². The minimum atomic E-state index is -0.918. The number of benzene rings is 4. The minimum Gasteiger partial charge on any atom is -0.478 e. The summed E-state index contributed by atoms with van der Waals surface area (Å²) in [6.07, 6.45) is 7.09. The zero-order valence-corrected chi connectivity index (χ0v) is 23.2. The predicted molar refractivity (Wildman–Crippen MR) is 164 cm³/mol. The maximum atomic E-state index is 13.3. The molecule has 0 saturated carbocycles. The molecule has 0 aromatic heterocycles. The number of fused-ring (bicyclic) bond motifs is 2. The van der Waals surface area contributed by atoms with Crippen molar-refractivity contribution in [3.05, 3.63) is 131 Å². The number of likely N-dealkylation sites (tertiary alicyclic amines) is 1. The number of rotatable bonds is 7. The number of carbonyl (C=O) groups excluding carboxylic acids is 1. The van der Waals surface area contributed by atoms with Gasteiger partial charge in [0.2, 0.25) is 0 Å². The summed E-state index contributed by atoms with van der Waals surface area (Å²) in [5, 5.41) is 15.1. The topological polar surface area (TPSA) is 69.6 Å². The van der Waals surface area contributed by atoms with Gasteiger partial charge < -0.3 is 10.4 Å². The third-order valence-electron chi connectivity index (χ3n) is 8.39. The van der Waals surface area contributed by atoms with Gasteiger partial charge in [0.1, 0.15) is 0 Å². The second kappa shape index (κ2) is 11.6. The molecule has 1 aliphatic heterocycles. The molecule has 2 aliphatic rings. The number of piperidine rings is 1. The van der Waals surface area contributed by atoms with Crippen LogP contribution in [0, 0.1) is 0 Å². The van der Waals surface area contributed by atoms with E-state index < -0.39 is 5.97 Å². The van der Waals surface area contributed by atoms with Crippen molar-refractivity contribution in [3.63, 3.8) is 0 Å². The smallest absolute Gasteiger partial charge is 0.336 e. The van der Waals surface area contributed by atoms with E-state index in [-0.39, 0.29) is 11.9 Å². The normalized spacial score (nSPS) is 17.7. The van der Waals surface area contributed by atoms with E-state index in [0.717, 1.165) is 54.6 Å². The molecule has 1 fully saturated rings. The Morgan fingerprint density at radius 1 is 0.951 bits per heavy atom. The Balaban J connectivity index is 1.12. The first-order chi connectivity index (χ1) is 20.0. The molecule has 1 amide bonds. The summed E-state index contributed by atoms with van der Waals surface area (Å²) in [5.74, 6) is -0.940. The Labute approximate surface area is 240 Å². The molecule has 1 unspecified atom stereocenters. The average Bonchev–Trinajstić information content (AvgIpc) is 3.01. The van der Waals surface area contributed by atoms with Gasteiger partial charge in [0.25, 0.3) is 5.91 Å². The summed E-state index contributed by atoms with van der Waals surface area (Å²) in [5.41, 5.74) is 6.35. The Morgan fingerprint density at radius 2 is 1.71 bits per heavy atom. The molecule has 0 bridgehead atoms. The van der Waals surface area contributed by atoms with Gasteiger partial charge in [-0.25, -0.2) is 4.79 Å². The van der Waals surface area contributed by atoms with E-state index in [0.29, 0.717) is 11.6 Å². The van der Waals surface area contributed by atoms with Crippen molar-refractivity contribution >= 4 is 22.6 Å². The largest absolute Gasteiger partial charge is 0.478 e. The maximum Gasteiger partial charge on any atom is 0.336 e. The van der Waals surface area contributed by atoms with Crippen LogP contribution < -0.4 is 5.32 Å². The van der Waals surface area contributed by atoms with E-state index in [1.165, 1.54) is 21.9 Å². The predicted octanol–water partition coefficient (Wildman–Crippen LogP) is 7.30. The fourth-order valence-corrected chi connectivity index (χ4v) is 6.29. The van der Waals surface area contributed by atoms with Gasteiger partial charge in [0.15, 0.2) is 0 Å². The standard InChI is InChI=1S/C36H34N2O3/c1-24(30-14-6-9-26-8-2-3-11-31(26)30)37-35(39)29-19-20-34-28(22-29)10-7-21-38(34)23-25-15-17-27(18-16-25)32-12-4-5-13-33(32)36(40)41/h2-6,8-9,11-19,22,24,34H,7,10,20-21,23H2,1H3,(H,37,39)(H,40,41)/t24-,34?/m0/s1. The quantitative estimate of drug-likeness (QED) is 0.257. The Hall–Kier alpha value is -4.48. The summed E-state index contributed by atoms with van der Waals surface area (Å²) < 4.78 is 0. The monoisotopic (exact) mass is 542 g/mol. The molecule has 5 nitrogen and oxygen atoms in total. The van der Waals surface area contributed by atoms with Crippen LogP contribution in [0.4, 0.5) is 0 Å². The van der Waals surface area contributed by atoms with Crippen LogP contribution in [0.15, 0.2) is 114 Å². The fraction of sp³-hybridized carbons (Fsp3) is 0.222. The van der Waals surface area contributed by atoms with Crippen LogP contribution in [0.1, 0.15) is 53.7 Å². The molecule has 4 aromatic rings. The van der Waals surface area contributed by atoms with Gasteiger partial charge in [-0.1, -0.05) is 96.6 Å². The summed E-state index contributed by atoms with van der Waals surface area (Å²) in [4.78, 5) is 27.5. The lowest BCUT2D eigenvalue weighted by Crippen LogP contribution is -2.41. The van der Waals surface area contributed by atoms with E-state index >= 15 is 0 Å². The molecule has 0 radical (unpaired) electrons. The molecule has 2 atom stereocenters. The zero-order chi connectivity index (χ0) is 28.3. The van der Waals surface area contributed by atoms with E-state index in [1.807, 2.05) is 49.4 Å². The average molecular weight is 543 g/mol. The van der Waals surface area contributed by atoms with Crippen LogP contribution in [-0.2, 0) is 11.3 Å². The lowest BCUT2D eigenvalue weighted by molar-refractivity contribution is -0.117. The van der Waals surface area contributed by atoms with Crippen molar-refractivity contribution in [2.24, 2.45) is 0 Å². The molecule has 5 heteroatoms. The molecule has 6 rings (SSSR count). The van der Waals surface area contributed by atoms with Gasteiger partial charge >= 0.3 is 5.97 Å². The fourth-order valence-electron chi connectivity index (χ4n) is 6.29. The van der Waals surface area contributed by atoms with Crippen molar-refractivity contribution < 1.29 is 14.7 Å². The lowest BCUT2D eigenvalue weighted by atomic mass is 9.86. The van der Waals surface area contributed by atoms with Gasteiger partial charge in [-0.2, -0.15) is 0 Å². The molecular formula is C36H34N2O3. The minimum absolute atomic E-state index is 0.0225. The Bertz CT molecular complexity index is 1660. The number of carboxylic acids is 1. The summed E-state index contributed by atoms with van der Waals surface area (Å²) in [6.45, 7) is 3.88. The van der Waals surface area contributed by atoms with E-state index in [4.69, 9.17) is 0 Å². The summed E-state index contributed by atoms with van der Waals surface area (Å²) in [6, 6.07) is 30.0. The van der Waals surface area contributed by atoms with Gasteiger partial charge in [-0.3, -0.25) is 9.69 Å². The van der Waals surface area contributed by atoms with Crippen molar-refractivity contribution in [2.45, 2.75) is 44.8 Å². The first-order valence-corrected chi connectivity index (χ1v) is 14.3. The molecule has 206 valence electrons. The summed E-state index contributed by atoms with van der Waals surface area (Å²) >= 11 is 0. The zero-order valence-electron chi connectivity index (χ0n) is 23.2. The molecular weight excluding hydrogens is 508 g/mol. The second-order valence-corrected chi connectivity index (χ2v) is 11.0. The molecule has 1 saturated heterocycles. The SMILES string of the molecule is C[C@H](NC(=O)C1=CCC2C(=C1)CCCN2Cc1ccc(-c2ccccc2C(=O)O)cc1)c1cccc2ccccc12. The highest BCUT2D eigenvalue weighted by molar-refractivity contribution is 5.97. The van der Waals surface area contributed by atoms with Crippen LogP contribution in [-0.4, -0.2) is 34.5 Å². The molecule has 1 aliphatic carbocycles. The van der Waals surface area contributed by atoms with E-state index in [9.17, 15) is 14.7 Å². The van der Waals surface area contributed by atoms with Gasteiger partial charge in [0.05, 0.1) is 11.6 Å². The maximum absolute atomic E-state index is 13.3. The third kappa shape index (κ3) is 5.59. The van der Waals surface area contributed by atoms with E-state index in [2.05, 4.69) is 58.8 Å². The van der Waals surface area contributed by atoms with Gasteiger partial charge in [-0.05, 0) is 77.9 Å². The summed E-state index contributed by atoms with van der Waals surface area (Å²) in [7, 11) is 0. The van der Waals surface area contributed by atoms with Crippen LogP contribution in [0.25, 0.3) is 21.9 Å². The number of nitrogens with zero attached hydrogens (tertiary/aromatic N) is 1. The number of aromatic carboxylic acids is 1. The number of amides is 1. The number of carboxylic acid groups (broad SMARTS) is 1. The van der Waals surface area contributed by atoms with Gasteiger partial charge in [0, 0.05) is 18.2 Å². The molecule has 2 N–H and O–H groups in total. The van der Waals surface area contributed by atoms with E-state index in [1.54, 1.807) is 12.1 Å². The highest BCUT2D eigenvalue weighted by Gasteiger charge is 2.29. The first kappa shape index (κ1) is 26.7. The van der Waals surface area contributed by atoms with Crippen LogP contribution in [0.5, 0.6) is 0 Å². The lowest BCUT2D eigenvalue weighted by Gasteiger charge is -2.39. The third-order valence-corrected chi connectivity index (χ3v) is 8.39. The number of nitrogens with one attached hydrogen (secondary N) is 1. The van der Waals surface area contributed by atoms with Crippen molar-refractivity contribution in [1.29, 1.82) is 0 Å². The highest BCUT2D eigenvalue weighted by Crippen LogP contribution is 2.33. The number of carbonyl (C=O) groups is 2. The second-order valence-electron chi connectivity index (χ2n) is 11.0. The molecule has 0 spiro atoms. The van der Waals surface area contributed by atoms with Gasteiger partial charge in [-0.15, -0.1) is 0 Å². The first-order valence-electron chi connectivity index (χ1n) is 14.3. The number of hydrogen-bond donors (Lipinski definition) is 2.